The molecule has 0 aliphatic heterocycles. The summed E-state index contributed by atoms with van der Waals surface area (Å²) in [5.41, 5.74) is 6.61. The van der Waals surface area contributed by atoms with E-state index >= 15 is 0 Å². The molecule has 0 saturated heterocycles. The first-order valence-corrected chi connectivity index (χ1v) is 7.35. The van der Waals surface area contributed by atoms with E-state index in [-0.39, 0.29) is 5.91 Å². The number of nitrogens with two attached hydrogens (primary N) is 1. The van der Waals surface area contributed by atoms with Crippen LogP contribution in [0.2, 0.25) is 0 Å². The van der Waals surface area contributed by atoms with Crippen molar-refractivity contribution in [1.29, 1.82) is 0 Å². The molecule has 19 heavy (non-hydrogen) atoms. The summed E-state index contributed by atoms with van der Waals surface area (Å²) in [5, 5.41) is 0.873. The molecule has 0 saturated carbocycles. The molecule has 5 heteroatoms. The molecule has 0 aliphatic carbocycles. The number of unbranched alkanes of at least 4 members (excludes halogenated alkanes) is 2. The Morgan fingerprint density at radius 1 is 1.47 bits per heavy atom. The molecular weight excluding hydrogens is 258 g/mol. The molecule has 102 valence electrons. The first-order valence-electron chi connectivity index (χ1n) is 6.53. The van der Waals surface area contributed by atoms with Crippen molar-refractivity contribution >= 4 is 33.1 Å². The largest absolute Gasteiger partial charge is 0.397 e. The number of nitrogens with zero attached hydrogens (tertiary/aromatic N) is 2. The van der Waals surface area contributed by atoms with Crippen LogP contribution in [-0.4, -0.2) is 29.4 Å². The van der Waals surface area contributed by atoms with Gasteiger partial charge in [0, 0.05) is 25.2 Å². The fourth-order valence-electron chi connectivity index (χ4n) is 1.98. The molecule has 0 fully saturated rings. The van der Waals surface area contributed by atoms with Crippen LogP contribution < -0.4 is 5.73 Å². The average molecular weight is 277 g/mol. The molecule has 0 atom stereocenters. The van der Waals surface area contributed by atoms with Crippen LogP contribution in [0.5, 0.6) is 0 Å². The van der Waals surface area contributed by atoms with Gasteiger partial charge in [0.05, 0.1) is 5.69 Å². The fourth-order valence-corrected chi connectivity index (χ4v) is 3.04. The number of carbonyl (C=O) groups excluding carboxylic acids is 1. The Balaban J connectivity index is 2.19. The first-order chi connectivity index (χ1) is 9.15. The number of fused-ring (bicyclic) bond motifs is 1. The minimum absolute atomic E-state index is 0.00315. The molecule has 0 bridgehead atoms. The zero-order valence-corrected chi connectivity index (χ0v) is 12.2. The smallest absolute Gasteiger partial charge is 0.265 e. The van der Waals surface area contributed by atoms with Gasteiger partial charge in [-0.25, -0.2) is 4.98 Å². The van der Waals surface area contributed by atoms with Crippen LogP contribution in [0.4, 0.5) is 5.69 Å². The number of nitrogen functional groups attached to an aromatic ring is 1. The zero-order valence-electron chi connectivity index (χ0n) is 11.3. The standard InChI is InChI=1S/C14H19N3OS/c1-3-4-5-9-17(2)14(18)12-11(15)10-7-6-8-16-13(10)19-12/h6-8H,3-5,9,15H2,1-2H3. The predicted octanol–water partition coefficient (Wildman–Crippen LogP) is 3.14. The maximum atomic E-state index is 12.4. The summed E-state index contributed by atoms with van der Waals surface area (Å²) in [4.78, 5) is 19.8. The number of amides is 1. The highest BCUT2D eigenvalue weighted by molar-refractivity contribution is 7.21. The number of pyridine rings is 1. The van der Waals surface area contributed by atoms with Gasteiger partial charge >= 0.3 is 0 Å². The molecule has 0 aromatic carbocycles. The fraction of sp³-hybridized carbons (Fsp3) is 0.429. The van der Waals surface area contributed by atoms with E-state index in [2.05, 4.69) is 11.9 Å². The topological polar surface area (TPSA) is 59.2 Å². The van der Waals surface area contributed by atoms with Crippen molar-refractivity contribution in [3.63, 3.8) is 0 Å². The van der Waals surface area contributed by atoms with Gasteiger partial charge < -0.3 is 10.6 Å². The SMILES string of the molecule is CCCCCN(C)C(=O)c1sc2ncccc2c1N. The lowest BCUT2D eigenvalue weighted by atomic mass is 10.2. The second-order valence-corrected chi connectivity index (χ2v) is 5.63. The maximum Gasteiger partial charge on any atom is 0.265 e. The van der Waals surface area contributed by atoms with E-state index in [0.717, 1.165) is 36.0 Å². The highest BCUT2D eigenvalue weighted by Gasteiger charge is 2.19. The summed E-state index contributed by atoms with van der Waals surface area (Å²) in [5.74, 6) is -0.00315. The van der Waals surface area contributed by atoms with Gasteiger partial charge in [-0.2, -0.15) is 0 Å². The van der Waals surface area contributed by atoms with Crippen molar-refractivity contribution in [2.24, 2.45) is 0 Å². The second kappa shape index (κ2) is 6.02. The van der Waals surface area contributed by atoms with Crippen molar-refractivity contribution in [3.8, 4) is 0 Å². The van der Waals surface area contributed by atoms with Crippen molar-refractivity contribution in [2.45, 2.75) is 26.2 Å². The van der Waals surface area contributed by atoms with Gasteiger partial charge in [0.25, 0.3) is 5.91 Å². The lowest BCUT2D eigenvalue weighted by molar-refractivity contribution is 0.0798. The van der Waals surface area contributed by atoms with Crippen molar-refractivity contribution in [3.05, 3.63) is 23.2 Å². The van der Waals surface area contributed by atoms with Crippen LogP contribution in [0.25, 0.3) is 10.2 Å². The molecule has 0 aliphatic rings. The second-order valence-electron chi connectivity index (χ2n) is 4.63. The number of anilines is 1. The van der Waals surface area contributed by atoms with Crippen molar-refractivity contribution in [2.75, 3.05) is 19.3 Å². The highest BCUT2D eigenvalue weighted by Crippen LogP contribution is 2.32. The molecule has 1 amide bonds. The Morgan fingerprint density at radius 3 is 2.95 bits per heavy atom. The number of rotatable bonds is 5. The number of hydrogen-bond acceptors (Lipinski definition) is 4. The van der Waals surface area contributed by atoms with Gasteiger partial charge in [0.1, 0.15) is 9.71 Å². The third-order valence-corrected chi connectivity index (χ3v) is 4.26. The van der Waals surface area contributed by atoms with E-state index < -0.39 is 0 Å². The molecule has 0 radical (unpaired) electrons. The van der Waals surface area contributed by atoms with Gasteiger partial charge in [-0.05, 0) is 18.6 Å². The molecule has 2 heterocycles. The first kappa shape index (κ1) is 13.8. The van der Waals surface area contributed by atoms with Crippen LogP contribution in [0.3, 0.4) is 0 Å². The summed E-state index contributed by atoms with van der Waals surface area (Å²) < 4.78 is 0. The molecule has 2 rings (SSSR count). The summed E-state index contributed by atoms with van der Waals surface area (Å²) in [6.07, 6.45) is 5.04. The van der Waals surface area contributed by atoms with Gasteiger partial charge in [0.15, 0.2) is 0 Å². The molecule has 0 spiro atoms. The summed E-state index contributed by atoms with van der Waals surface area (Å²) in [6.45, 7) is 2.92. The number of carbonyl (C=O) groups is 1. The van der Waals surface area contributed by atoms with Crippen LogP contribution in [0.15, 0.2) is 18.3 Å². The van der Waals surface area contributed by atoms with E-state index in [1.807, 2.05) is 19.2 Å². The highest BCUT2D eigenvalue weighted by atomic mass is 32.1. The number of thiophene rings is 1. The van der Waals surface area contributed by atoms with Crippen LogP contribution in [-0.2, 0) is 0 Å². The van der Waals surface area contributed by atoms with E-state index in [0.29, 0.717) is 10.6 Å². The summed E-state index contributed by atoms with van der Waals surface area (Å²) in [6, 6.07) is 3.74. The molecule has 0 unspecified atom stereocenters. The Morgan fingerprint density at radius 2 is 2.26 bits per heavy atom. The molecule has 2 aromatic heterocycles. The molecule has 4 nitrogen and oxygen atoms in total. The normalized spacial score (nSPS) is 10.8. The lowest BCUT2D eigenvalue weighted by Crippen LogP contribution is -2.27. The van der Waals surface area contributed by atoms with E-state index in [4.69, 9.17) is 5.73 Å². The third kappa shape index (κ3) is 2.87. The Bertz CT molecular complexity index is 579. The zero-order chi connectivity index (χ0) is 13.8. The van der Waals surface area contributed by atoms with Crippen molar-refractivity contribution in [1.82, 2.24) is 9.88 Å². The molecular formula is C14H19N3OS. The van der Waals surface area contributed by atoms with Gasteiger partial charge in [-0.3, -0.25) is 4.79 Å². The number of hydrogen-bond donors (Lipinski definition) is 1. The summed E-state index contributed by atoms with van der Waals surface area (Å²) in [7, 11) is 1.83. The summed E-state index contributed by atoms with van der Waals surface area (Å²) >= 11 is 1.37. The van der Waals surface area contributed by atoms with Crippen LogP contribution in [0.1, 0.15) is 35.9 Å². The monoisotopic (exact) mass is 277 g/mol. The lowest BCUT2D eigenvalue weighted by Gasteiger charge is -2.16. The minimum Gasteiger partial charge on any atom is -0.397 e. The number of aromatic nitrogens is 1. The van der Waals surface area contributed by atoms with E-state index in [9.17, 15) is 4.79 Å². The van der Waals surface area contributed by atoms with E-state index in [1.165, 1.54) is 11.3 Å². The van der Waals surface area contributed by atoms with Gasteiger partial charge in [-0.15, -0.1) is 11.3 Å². The van der Waals surface area contributed by atoms with Crippen LogP contribution in [0, 0.1) is 0 Å². The van der Waals surface area contributed by atoms with Crippen molar-refractivity contribution < 1.29 is 4.79 Å². The molecule has 2 aromatic rings. The van der Waals surface area contributed by atoms with E-state index in [1.54, 1.807) is 11.1 Å². The predicted molar refractivity (Wildman–Crippen MR) is 80.5 cm³/mol. The Kier molecular flexibility index (Phi) is 4.37. The Hall–Kier alpha value is -1.62. The quantitative estimate of drug-likeness (QED) is 0.854. The average Bonchev–Trinajstić information content (AvgIpc) is 2.76. The van der Waals surface area contributed by atoms with Gasteiger partial charge in [-0.1, -0.05) is 19.8 Å². The third-order valence-electron chi connectivity index (χ3n) is 3.14. The maximum absolute atomic E-state index is 12.4. The molecule has 2 N–H and O–H groups in total. The minimum atomic E-state index is -0.00315. The van der Waals surface area contributed by atoms with Crippen LogP contribution >= 0.6 is 11.3 Å². The van der Waals surface area contributed by atoms with Gasteiger partial charge in [0.2, 0.25) is 0 Å². The Labute approximate surface area is 117 Å².